The van der Waals surface area contributed by atoms with E-state index in [0.717, 1.165) is 16.7 Å². The van der Waals surface area contributed by atoms with Gasteiger partial charge >= 0.3 is 0 Å². The summed E-state index contributed by atoms with van der Waals surface area (Å²) in [4.78, 5) is 4.30. The van der Waals surface area contributed by atoms with E-state index >= 15 is 0 Å². The normalized spacial score (nSPS) is 10.1. The highest BCUT2D eigenvalue weighted by Gasteiger charge is 2.11. The van der Waals surface area contributed by atoms with Gasteiger partial charge in [-0.3, -0.25) is 0 Å². The average Bonchev–Trinajstić information content (AvgIpc) is 2.99. The number of hydrogen-bond acceptors (Lipinski definition) is 3. The molecule has 4 nitrogen and oxygen atoms in total. The van der Waals surface area contributed by atoms with Crippen molar-refractivity contribution in [3.63, 3.8) is 0 Å². The largest absolute Gasteiger partial charge is 0.252 e. The Balaban J connectivity index is 1.97. The van der Waals surface area contributed by atoms with Crippen molar-refractivity contribution in [2.24, 2.45) is 0 Å². The molecule has 0 aliphatic rings. The van der Waals surface area contributed by atoms with Gasteiger partial charge in [-0.25, -0.2) is 4.68 Å². The van der Waals surface area contributed by atoms with Crippen LogP contribution in [0.15, 0.2) is 61.2 Å². The van der Waals surface area contributed by atoms with Crippen LogP contribution in [0.25, 0.3) is 17.5 Å². The standard InChI is InChI=1S/C18H14N4/c1-2-14-8-10-15(11-9-14)13-22-18(20-17(12-19)21-22)16-6-4-3-5-7-16/h2-11H,1,13H2. The molecule has 0 unspecified atom stereocenters. The Hall–Kier alpha value is -3.19. The summed E-state index contributed by atoms with van der Waals surface area (Å²) in [5.41, 5.74) is 3.11. The van der Waals surface area contributed by atoms with Gasteiger partial charge in [0, 0.05) is 5.56 Å². The monoisotopic (exact) mass is 286 g/mol. The van der Waals surface area contributed by atoms with Gasteiger partial charge < -0.3 is 0 Å². The Morgan fingerprint density at radius 1 is 1.09 bits per heavy atom. The van der Waals surface area contributed by atoms with E-state index in [2.05, 4.69) is 16.7 Å². The number of nitrogens with zero attached hydrogens (tertiary/aromatic N) is 4. The van der Waals surface area contributed by atoms with Crippen molar-refractivity contribution in [3.05, 3.63) is 78.1 Å². The number of nitriles is 1. The molecule has 3 aromatic rings. The van der Waals surface area contributed by atoms with Gasteiger partial charge in [-0.1, -0.05) is 67.3 Å². The van der Waals surface area contributed by atoms with E-state index in [-0.39, 0.29) is 5.82 Å². The van der Waals surface area contributed by atoms with Gasteiger partial charge in [0.1, 0.15) is 6.07 Å². The minimum Gasteiger partial charge on any atom is -0.240 e. The second-order valence-corrected chi connectivity index (χ2v) is 4.84. The topological polar surface area (TPSA) is 54.5 Å². The van der Waals surface area contributed by atoms with Gasteiger partial charge in [0.2, 0.25) is 0 Å². The van der Waals surface area contributed by atoms with E-state index in [1.54, 1.807) is 4.68 Å². The summed E-state index contributed by atoms with van der Waals surface area (Å²) in [6, 6.07) is 19.8. The van der Waals surface area contributed by atoms with Crippen LogP contribution in [0.2, 0.25) is 0 Å². The summed E-state index contributed by atoms with van der Waals surface area (Å²) in [5, 5.41) is 13.3. The molecule has 0 aliphatic heterocycles. The van der Waals surface area contributed by atoms with Crippen LogP contribution in [0.1, 0.15) is 17.0 Å². The van der Waals surface area contributed by atoms with Crippen LogP contribution in [-0.4, -0.2) is 14.8 Å². The van der Waals surface area contributed by atoms with E-state index in [4.69, 9.17) is 5.26 Å². The minimum absolute atomic E-state index is 0.182. The molecular weight excluding hydrogens is 272 g/mol. The summed E-state index contributed by atoms with van der Waals surface area (Å²) in [6.07, 6.45) is 1.81. The van der Waals surface area contributed by atoms with Gasteiger partial charge in [0.25, 0.3) is 5.82 Å². The molecule has 1 heterocycles. The Morgan fingerprint density at radius 3 is 2.45 bits per heavy atom. The Labute approximate surface area is 129 Å². The fourth-order valence-corrected chi connectivity index (χ4v) is 2.23. The fourth-order valence-electron chi connectivity index (χ4n) is 2.23. The fraction of sp³-hybridized carbons (Fsp3) is 0.0556. The van der Waals surface area contributed by atoms with E-state index in [9.17, 15) is 0 Å². The molecule has 106 valence electrons. The lowest BCUT2D eigenvalue weighted by Crippen LogP contribution is -2.04. The first-order chi connectivity index (χ1) is 10.8. The zero-order chi connectivity index (χ0) is 15.4. The van der Waals surface area contributed by atoms with Crippen LogP contribution < -0.4 is 0 Å². The smallest absolute Gasteiger partial charge is 0.240 e. The number of aromatic nitrogens is 3. The lowest BCUT2D eigenvalue weighted by Gasteiger charge is -2.06. The third-order valence-corrected chi connectivity index (χ3v) is 3.35. The zero-order valence-corrected chi connectivity index (χ0v) is 12.0. The summed E-state index contributed by atoms with van der Waals surface area (Å²) in [6.45, 7) is 4.31. The maximum absolute atomic E-state index is 9.06. The number of benzene rings is 2. The van der Waals surface area contributed by atoms with Crippen LogP contribution in [0, 0.1) is 11.3 Å². The van der Waals surface area contributed by atoms with Crippen molar-refractivity contribution in [2.75, 3.05) is 0 Å². The second kappa shape index (κ2) is 6.06. The van der Waals surface area contributed by atoms with Crippen LogP contribution >= 0.6 is 0 Å². The van der Waals surface area contributed by atoms with Gasteiger partial charge in [-0.05, 0) is 11.1 Å². The maximum Gasteiger partial charge on any atom is 0.252 e. The third-order valence-electron chi connectivity index (χ3n) is 3.35. The van der Waals surface area contributed by atoms with Crippen molar-refractivity contribution >= 4 is 6.08 Å². The molecule has 0 saturated heterocycles. The van der Waals surface area contributed by atoms with E-state index < -0.39 is 0 Å². The molecule has 0 N–H and O–H groups in total. The van der Waals surface area contributed by atoms with Crippen molar-refractivity contribution in [3.8, 4) is 17.5 Å². The summed E-state index contributed by atoms with van der Waals surface area (Å²) < 4.78 is 1.76. The van der Waals surface area contributed by atoms with Crippen molar-refractivity contribution in [1.82, 2.24) is 14.8 Å². The summed E-state index contributed by atoms with van der Waals surface area (Å²) in [5.74, 6) is 0.881. The van der Waals surface area contributed by atoms with E-state index in [1.165, 1.54) is 0 Å². The van der Waals surface area contributed by atoms with Crippen LogP contribution in [-0.2, 0) is 6.54 Å². The van der Waals surface area contributed by atoms with Gasteiger partial charge in [-0.15, -0.1) is 5.10 Å². The van der Waals surface area contributed by atoms with Gasteiger partial charge in [-0.2, -0.15) is 10.2 Å². The summed E-state index contributed by atoms with van der Waals surface area (Å²) in [7, 11) is 0. The average molecular weight is 286 g/mol. The highest BCUT2D eigenvalue weighted by Crippen LogP contribution is 2.18. The molecule has 4 heteroatoms. The second-order valence-electron chi connectivity index (χ2n) is 4.84. The lowest BCUT2D eigenvalue weighted by atomic mass is 10.1. The van der Waals surface area contributed by atoms with Crippen LogP contribution in [0.3, 0.4) is 0 Å². The Bertz CT molecular complexity index is 824. The molecule has 0 aliphatic carbocycles. The van der Waals surface area contributed by atoms with E-state index in [1.807, 2.05) is 66.7 Å². The third kappa shape index (κ3) is 2.79. The van der Waals surface area contributed by atoms with Crippen molar-refractivity contribution in [2.45, 2.75) is 6.54 Å². The highest BCUT2D eigenvalue weighted by molar-refractivity contribution is 5.55. The van der Waals surface area contributed by atoms with Crippen molar-refractivity contribution < 1.29 is 0 Å². The molecular formula is C18H14N4. The van der Waals surface area contributed by atoms with E-state index in [0.29, 0.717) is 12.4 Å². The molecule has 1 aromatic heterocycles. The molecule has 0 amide bonds. The van der Waals surface area contributed by atoms with Crippen LogP contribution in [0.4, 0.5) is 0 Å². The minimum atomic E-state index is 0.182. The molecule has 0 fully saturated rings. The predicted molar refractivity (Wildman–Crippen MR) is 85.8 cm³/mol. The van der Waals surface area contributed by atoms with Gasteiger partial charge in [0.15, 0.2) is 5.82 Å². The lowest BCUT2D eigenvalue weighted by molar-refractivity contribution is 0.690. The highest BCUT2D eigenvalue weighted by atomic mass is 15.3. The first-order valence-corrected chi connectivity index (χ1v) is 6.92. The molecule has 0 saturated carbocycles. The maximum atomic E-state index is 9.06. The molecule has 0 radical (unpaired) electrons. The summed E-state index contributed by atoms with van der Waals surface area (Å²) >= 11 is 0. The molecule has 0 spiro atoms. The molecule has 3 rings (SSSR count). The first-order valence-electron chi connectivity index (χ1n) is 6.92. The quantitative estimate of drug-likeness (QED) is 0.737. The number of hydrogen-bond donors (Lipinski definition) is 0. The SMILES string of the molecule is C=Cc1ccc(Cn2nc(C#N)nc2-c2ccccc2)cc1. The van der Waals surface area contributed by atoms with Gasteiger partial charge in [0.05, 0.1) is 6.54 Å². The number of rotatable bonds is 4. The zero-order valence-electron chi connectivity index (χ0n) is 12.0. The van der Waals surface area contributed by atoms with Crippen molar-refractivity contribution in [1.29, 1.82) is 5.26 Å². The molecule has 22 heavy (non-hydrogen) atoms. The van der Waals surface area contributed by atoms with Crippen LogP contribution in [0.5, 0.6) is 0 Å². The predicted octanol–water partition coefficient (Wildman–Crippen LogP) is 3.51. The molecule has 0 bridgehead atoms. The Kier molecular flexibility index (Phi) is 3.80. The Morgan fingerprint density at radius 2 is 1.82 bits per heavy atom. The first kappa shape index (κ1) is 13.8. The molecule has 2 aromatic carbocycles. The molecule has 0 atom stereocenters.